The highest BCUT2D eigenvalue weighted by Gasteiger charge is 2.27. The molecule has 0 saturated carbocycles. The highest BCUT2D eigenvalue weighted by atomic mass is 32.1. The molecular weight excluding hydrogens is 334 g/mol. The van der Waals surface area contributed by atoms with Crippen molar-refractivity contribution in [3.8, 4) is 0 Å². The number of nitrogens with one attached hydrogen (secondary N) is 1. The number of thiophene rings is 1. The predicted molar refractivity (Wildman–Crippen MR) is 98.3 cm³/mol. The van der Waals surface area contributed by atoms with Gasteiger partial charge in [0, 0.05) is 30.2 Å². The van der Waals surface area contributed by atoms with E-state index in [1.165, 1.54) is 16.9 Å². The molecule has 2 amide bonds. The average molecular weight is 349 g/mol. The van der Waals surface area contributed by atoms with Crippen LogP contribution in [-0.4, -0.2) is 23.3 Å². The Morgan fingerprint density at radius 1 is 1.08 bits per heavy atom. The monoisotopic (exact) mass is 349 g/mol. The SMILES string of the molecule is O=C(Nc1ccsc1C(=O)N1CCc2ccccc21)c1ccncc1. The third-order valence-corrected chi connectivity index (χ3v) is 5.08. The van der Waals surface area contributed by atoms with Crippen LogP contribution >= 0.6 is 11.3 Å². The molecule has 0 saturated heterocycles. The van der Waals surface area contributed by atoms with Crippen LogP contribution in [0.1, 0.15) is 25.6 Å². The summed E-state index contributed by atoms with van der Waals surface area (Å²) < 4.78 is 0. The van der Waals surface area contributed by atoms with Crippen molar-refractivity contribution in [2.75, 3.05) is 16.8 Å². The molecule has 1 N–H and O–H groups in total. The molecule has 1 aromatic carbocycles. The van der Waals surface area contributed by atoms with E-state index < -0.39 is 0 Å². The molecule has 0 fully saturated rings. The molecule has 1 aliphatic heterocycles. The second-order valence-corrected chi connectivity index (χ2v) is 6.61. The number of amides is 2. The number of benzene rings is 1. The molecule has 4 rings (SSSR count). The quantitative estimate of drug-likeness (QED) is 0.786. The zero-order valence-electron chi connectivity index (χ0n) is 13.3. The molecular formula is C19H15N3O2S. The van der Waals surface area contributed by atoms with E-state index in [1.807, 2.05) is 29.6 Å². The van der Waals surface area contributed by atoms with Gasteiger partial charge < -0.3 is 10.2 Å². The van der Waals surface area contributed by atoms with Gasteiger partial charge in [-0.1, -0.05) is 18.2 Å². The van der Waals surface area contributed by atoms with E-state index in [0.717, 1.165) is 12.1 Å². The number of rotatable bonds is 3. The van der Waals surface area contributed by atoms with Gasteiger partial charge in [0.05, 0.1) is 5.69 Å². The Morgan fingerprint density at radius 3 is 2.72 bits per heavy atom. The zero-order chi connectivity index (χ0) is 17.2. The zero-order valence-corrected chi connectivity index (χ0v) is 14.1. The Balaban J connectivity index is 1.58. The molecule has 124 valence electrons. The van der Waals surface area contributed by atoms with Crippen LogP contribution in [0.4, 0.5) is 11.4 Å². The molecule has 5 nitrogen and oxygen atoms in total. The second kappa shape index (κ2) is 6.49. The van der Waals surface area contributed by atoms with Gasteiger partial charge in [-0.2, -0.15) is 0 Å². The minimum atomic E-state index is -0.253. The number of hydrogen-bond acceptors (Lipinski definition) is 4. The summed E-state index contributed by atoms with van der Waals surface area (Å²) in [4.78, 5) is 31.6. The topological polar surface area (TPSA) is 62.3 Å². The Morgan fingerprint density at radius 2 is 1.88 bits per heavy atom. The number of fused-ring (bicyclic) bond motifs is 1. The van der Waals surface area contributed by atoms with Gasteiger partial charge in [-0.05, 0) is 41.6 Å². The van der Waals surface area contributed by atoms with Gasteiger partial charge in [-0.15, -0.1) is 11.3 Å². The third kappa shape index (κ3) is 2.92. The fourth-order valence-corrected chi connectivity index (χ4v) is 3.74. The normalized spacial score (nSPS) is 12.7. The Kier molecular flexibility index (Phi) is 4.03. The summed E-state index contributed by atoms with van der Waals surface area (Å²) in [5, 5.41) is 4.65. The largest absolute Gasteiger partial charge is 0.320 e. The number of para-hydroxylation sites is 1. The predicted octanol–water partition coefficient (Wildman–Crippen LogP) is 3.60. The van der Waals surface area contributed by atoms with Crippen molar-refractivity contribution >= 4 is 34.5 Å². The van der Waals surface area contributed by atoms with Crippen molar-refractivity contribution in [1.29, 1.82) is 0 Å². The van der Waals surface area contributed by atoms with Crippen LogP contribution in [0.5, 0.6) is 0 Å². The molecule has 1 aliphatic rings. The lowest BCUT2D eigenvalue weighted by Crippen LogP contribution is -2.29. The first-order valence-corrected chi connectivity index (χ1v) is 8.80. The Labute approximate surface area is 148 Å². The molecule has 0 radical (unpaired) electrons. The summed E-state index contributed by atoms with van der Waals surface area (Å²) in [7, 11) is 0. The van der Waals surface area contributed by atoms with Crippen molar-refractivity contribution in [3.05, 3.63) is 76.2 Å². The first kappa shape index (κ1) is 15.5. The average Bonchev–Trinajstić information content (AvgIpc) is 3.29. The summed E-state index contributed by atoms with van der Waals surface area (Å²) in [5.41, 5.74) is 3.18. The minimum absolute atomic E-state index is 0.0787. The molecule has 2 aromatic heterocycles. The molecule has 0 spiro atoms. The van der Waals surface area contributed by atoms with E-state index in [4.69, 9.17) is 0 Å². The molecule has 3 aromatic rings. The molecule has 3 heterocycles. The van der Waals surface area contributed by atoms with E-state index in [0.29, 0.717) is 22.7 Å². The van der Waals surface area contributed by atoms with Crippen molar-refractivity contribution < 1.29 is 9.59 Å². The summed E-state index contributed by atoms with van der Waals surface area (Å²) in [6, 6.07) is 13.0. The number of pyridine rings is 1. The highest BCUT2D eigenvalue weighted by Crippen LogP contribution is 2.32. The fraction of sp³-hybridized carbons (Fsp3) is 0.105. The van der Waals surface area contributed by atoms with E-state index in [-0.39, 0.29) is 11.8 Å². The smallest absolute Gasteiger partial charge is 0.270 e. The fourth-order valence-electron chi connectivity index (χ4n) is 2.94. The molecule has 25 heavy (non-hydrogen) atoms. The highest BCUT2D eigenvalue weighted by molar-refractivity contribution is 7.12. The van der Waals surface area contributed by atoms with Gasteiger partial charge in [0.2, 0.25) is 0 Å². The Bertz CT molecular complexity index is 937. The minimum Gasteiger partial charge on any atom is -0.320 e. The lowest BCUT2D eigenvalue weighted by Gasteiger charge is -2.17. The van der Waals surface area contributed by atoms with Crippen molar-refractivity contribution in [3.63, 3.8) is 0 Å². The van der Waals surface area contributed by atoms with Crippen molar-refractivity contribution in [1.82, 2.24) is 4.98 Å². The third-order valence-electron chi connectivity index (χ3n) is 4.18. The maximum atomic E-state index is 13.0. The summed E-state index contributed by atoms with van der Waals surface area (Å²) in [5.74, 6) is -0.332. The number of hydrogen-bond donors (Lipinski definition) is 1. The van der Waals surface area contributed by atoms with Crippen LogP contribution in [0.15, 0.2) is 60.2 Å². The van der Waals surface area contributed by atoms with Crippen LogP contribution in [0.2, 0.25) is 0 Å². The lowest BCUT2D eigenvalue weighted by atomic mass is 10.2. The first-order chi connectivity index (χ1) is 12.2. The van der Waals surface area contributed by atoms with Gasteiger partial charge >= 0.3 is 0 Å². The summed E-state index contributed by atoms with van der Waals surface area (Å²) in [6.45, 7) is 0.661. The second-order valence-electron chi connectivity index (χ2n) is 5.69. The van der Waals surface area contributed by atoms with Crippen LogP contribution in [0, 0.1) is 0 Å². The van der Waals surface area contributed by atoms with Gasteiger partial charge in [-0.25, -0.2) is 0 Å². The van der Waals surface area contributed by atoms with Gasteiger partial charge in [0.25, 0.3) is 11.8 Å². The molecule has 6 heteroatoms. The number of anilines is 2. The van der Waals surface area contributed by atoms with Gasteiger partial charge in [0.15, 0.2) is 0 Å². The van der Waals surface area contributed by atoms with E-state index in [1.54, 1.807) is 35.5 Å². The van der Waals surface area contributed by atoms with Gasteiger partial charge in [-0.3, -0.25) is 14.6 Å². The maximum absolute atomic E-state index is 13.0. The lowest BCUT2D eigenvalue weighted by molar-refractivity contribution is 0.0994. The van der Waals surface area contributed by atoms with Gasteiger partial charge in [0.1, 0.15) is 4.88 Å². The first-order valence-electron chi connectivity index (χ1n) is 7.92. The molecule has 0 bridgehead atoms. The number of nitrogens with zero attached hydrogens (tertiary/aromatic N) is 2. The maximum Gasteiger partial charge on any atom is 0.270 e. The number of carbonyl (C=O) groups excluding carboxylic acids is 2. The van der Waals surface area contributed by atoms with Crippen LogP contribution in [0.25, 0.3) is 0 Å². The molecule has 0 atom stereocenters. The van der Waals surface area contributed by atoms with E-state index in [2.05, 4.69) is 10.3 Å². The summed E-state index contributed by atoms with van der Waals surface area (Å²) >= 11 is 1.34. The standard InChI is InChI=1S/C19H15N3O2S/c23-18(14-5-9-20-10-6-14)21-15-8-12-25-17(15)19(24)22-11-7-13-3-1-2-4-16(13)22/h1-6,8-10,12H,7,11H2,(H,21,23). The van der Waals surface area contributed by atoms with E-state index in [9.17, 15) is 9.59 Å². The molecule has 0 aliphatic carbocycles. The van der Waals surface area contributed by atoms with Crippen LogP contribution < -0.4 is 10.2 Å². The Hall–Kier alpha value is -2.99. The van der Waals surface area contributed by atoms with E-state index >= 15 is 0 Å². The van der Waals surface area contributed by atoms with Crippen LogP contribution in [0.3, 0.4) is 0 Å². The van der Waals surface area contributed by atoms with Crippen molar-refractivity contribution in [2.45, 2.75) is 6.42 Å². The number of carbonyl (C=O) groups is 2. The number of aromatic nitrogens is 1. The van der Waals surface area contributed by atoms with Crippen molar-refractivity contribution in [2.24, 2.45) is 0 Å². The van der Waals surface area contributed by atoms with Crippen LogP contribution in [-0.2, 0) is 6.42 Å². The summed E-state index contributed by atoms with van der Waals surface area (Å²) in [6.07, 6.45) is 3.98. The molecule has 0 unspecified atom stereocenters.